The standard InChI is InChI=1S/C17H24O2/c1-12-8-10-13(11-9-12)14-6-5-7-15(18)16(14)19-17(2,3)4/h8-11,15,18H,5-7H2,1-4H3. The van der Waals surface area contributed by atoms with E-state index in [0.717, 1.165) is 30.6 Å². The van der Waals surface area contributed by atoms with E-state index in [0.29, 0.717) is 0 Å². The SMILES string of the molecule is Cc1ccc(C2=C(OC(C)(C)C)C(O)CCC2)cc1. The van der Waals surface area contributed by atoms with Gasteiger partial charge in [0.05, 0.1) is 0 Å². The first-order valence-electron chi connectivity index (χ1n) is 7.04. The zero-order valence-electron chi connectivity index (χ0n) is 12.4. The first-order chi connectivity index (χ1) is 8.87. The minimum atomic E-state index is -0.468. The minimum absolute atomic E-state index is 0.274. The zero-order chi connectivity index (χ0) is 14.0. The Morgan fingerprint density at radius 2 is 1.79 bits per heavy atom. The molecule has 1 atom stereocenters. The van der Waals surface area contributed by atoms with Crippen molar-refractivity contribution in [2.24, 2.45) is 0 Å². The van der Waals surface area contributed by atoms with Crippen molar-refractivity contribution in [2.75, 3.05) is 0 Å². The molecule has 0 fully saturated rings. The Kier molecular flexibility index (Phi) is 4.00. The van der Waals surface area contributed by atoms with Crippen LogP contribution in [0.2, 0.25) is 0 Å². The van der Waals surface area contributed by atoms with Gasteiger partial charge in [0, 0.05) is 0 Å². The molecule has 0 amide bonds. The van der Waals surface area contributed by atoms with Crippen LogP contribution in [0.25, 0.3) is 5.57 Å². The molecular weight excluding hydrogens is 236 g/mol. The lowest BCUT2D eigenvalue weighted by molar-refractivity contribution is 0.00414. The van der Waals surface area contributed by atoms with Crippen LogP contribution in [0.15, 0.2) is 30.0 Å². The number of aryl methyl sites for hydroxylation is 1. The number of allylic oxidation sites excluding steroid dienone is 1. The van der Waals surface area contributed by atoms with Crippen LogP contribution in [0.4, 0.5) is 0 Å². The Balaban J connectivity index is 2.41. The summed E-state index contributed by atoms with van der Waals surface area (Å²) in [6.07, 6.45) is 2.32. The molecule has 0 spiro atoms. The molecule has 0 heterocycles. The monoisotopic (exact) mass is 260 g/mol. The number of benzene rings is 1. The summed E-state index contributed by atoms with van der Waals surface area (Å²) in [7, 11) is 0. The molecule has 1 aromatic rings. The van der Waals surface area contributed by atoms with Gasteiger partial charge in [-0.3, -0.25) is 0 Å². The van der Waals surface area contributed by atoms with E-state index in [2.05, 4.69) is 31.2 Å². The fraction of sp³-hybridized carbons (Fsp3) is 0.529. The van der Waals surface area contributed by atoms with Gasteiger partial charge in [0.15, 0.2) is 0 Å². The molecule has 0 aromatic heterocycles. The predicted molar refractivity (Wildman–Crippen MR) is 78.8 cm³/mol. The summed E-state index contributed by atoms with van der Waals surface area (Å²) in [6, 6.07) is 8.46. The summed E-state index contributed by atoms with van der Waals surface area (Å²) >= 11 is 0. The highest BCUT2D eigenvalue weighted by molar-refractivity contribution is 5.69. The van der Waals surface area contributed by atoms with Crippen LogP contribution in [0, 0.1) is 6.92 Å². The molecule has 0 saturated carbocycles. The van der Waals surface area contributed by atoms with Gasteiger partial charge in [0.2, 0.25) is 0 Å². The third-order valence-corrected chi connectivity index (χ3v) is 3.32. The molecule has 2 heteroatoms. The Labute approximate surface area is 116 Å². The zero-order valence-corrected chi connectivity index (χ0v) is 12.4. The van der Waals surface area contributed by atoms with Gasteiger partial charge in [-0.15, -0.1) is 0 Å². The molecule has 1 aliphatic carbocycles. The largest absolute Gasteiger partial charge is 0.489 e. The number of aliphatic hydroxyl groups excluding tert-OH is 1. The molecule has 2 rings (SSSR count). The summed E-state index contributed by atoms with van der Waals surface area (Å²) in [5, 5.41) is 10.2. The van der Waals surface area contributed by atoms with Gasteiger partial charge in [-0.05, 0) is 58.1 Å². The van der Waals surface area contributed by atoms with E-state index in [1.54, 1.807) is 0 Å². The molecular formula is C17H24O2. The van der Waals surface area contributed by atoms with E-state index >= 15 is 0 Å². The highest BCUT2D eigenvalue weighted by Crippen LogP contribution is 2.35. The molecule has 0 radical (unpaired) electrons. The van der Waals surface area contributed by atoms with Crippen molar-refractivity contribution < 1.29 is 9.84 Å². The number of hydrogen-bond donors (Lipinski definition) is 1. The van der Waals surface area contributed by atoms with Crippen molar-refractivity contribution in [3.63, 3.8) is 0 Å². The van der Waals surface area contributed by atoms with E-state index in [-0.39, 0.29) is 5.60 Å². The van der Waals surface area contributed by atoms with Gasteiger partial charge in [-0.25, -0.2) is 0 Å². The van der Waals surface area contributed by atoms with Crippen molar-refractivity contribution >= 4 is 5.57 Å². The second-order valence-electron chi connectivity index (χ2n) is 6.33. The summed E-state index contributed by atoms with van der Waals surface area (Å²) < 4.78 is 6.02. The maximum absolute atomic E-state index is 10.2. The van der Waals surface area contributed by atoms with Crippen LogP contribution < -0.4 is 0 Å². The average molecular weight is 260 g/mol. The molecule has 0 saturated heterocycles. The van der Waals surface area contributed by atoms with Gasteiger partial charge in [-0.2, -0.15) is 0 Å². The van der Waals surface area contributed by atoms with Crippen LogP contribution in [-0.2, 0) is 4.74 Å². The van der Waals surface area contributed by atoms with Gasteiger partial charge in [0.25, 0.3) is 0 Å². The molecule has 2 nitrogen and oxygen atoms in total. The predicted octanol–water partition coefficient (Wildman–Crippen LogP) is 4.07. The summed E-state index contributed by atoms with van der Waals surface area (Å²) in [6.45, 7) is 8.15. The molecule has 1 N–H and O–H groups in total. The average Bonchev–Trinajstić information content (AvgIpc) is 2.31. The van der Waals surface area contributed by atoms with E-state index < -0.39 is 6.10 Å². The van der Waals surface area contributed by atoms with E-state index in [1.807, 2.05) is 20.8 Å². The molecule has 1 aliphatic rings. The lowest BCUT2D eigenvalue weighted by atomic mass is 9.90. The van der Waals surface area contributed by atoms with Crippen molar-refractivity contribution in [3.05, 3.63) is 41.2 Å². The number of hydrogen-bond acceptors (Lipinski definition) is 2. The van der Waals surface area contributed by atoms with Crippen molar-refractivity contribution in [2.45, 2.75) is 58.7 Å². The van der Waals surface area contributed by atoms with Crippen LogP contribution in [0.1, 0.15) is 51.2 Å². The van der Waals surface area contributed by atoms with Crippen molar-refractivity contribution in [3.8, 4) is 0 Å². The third-order valence-electron chi connectivity index (χ3n) is 3.32. The molecule has 1 aromatic carbocycles. The first kappa shape index (κ1) is 14.1. The Morgan fingerprint density at radius 3 is 2.37 bits per heavy atom. The van der Waals surface area contributed by atoms with Gasteiger partial charge in [0.1, 0.15) is 17.5 Å². The Bertz CT molecular complexity index is 463. The van der Waals surface area contributed by atoms with Gasteiger partial charge in [-0.1, -0.05) is 29.8 Å². The summed E-state index contributed by atoms with van der Waals surface area (Å²) in [5.74, 6) is 0.766. The van der Waals surface area contributed by atoms with Crippen molar-refractivity contribution in [1.29, 1.82) is 0 Å². The molecule has 0 bridgehead atoms. The molecule has 19 heavy (non-hydrogen) atoms. The lowest BCUT2D eigenvalue weighted by Crippen LogP contribution is -2.27. The number of ether oxygens (including phenoxy) is 1. The van der Waals surface area contributed by atoms with E-state index in [4.69, 9.17) is 4.74 Å². The first-order valence-corrected chi connectivity index (χ1v) is 7.04. The number of rotatable bonds is 2. The van der Waals surface area contributed by atoms with E-state index in [1.165, 1.54) is 11.1 Å². The summed E-state index contributed by atoms with van der Waals surface area (Å²) in [4.78, 5) is 0. The Hall–Kier alpha value is -1.28. The number of aliphatic hydroxyl groups is 1. The van der Waals surface area contributed by atoms with E-state index in [9.17, 15) is 5.11 Å². The molecule has 1 unspecified atom stereocenters. The fourth-order valence-corrected chi connectivity index (χ4v) is 2.43. The minimum Gasteiger partial charge on any atom is -0.489 e. The van der Waals surface area contributed by atoms with Gasteiger partial charge < -0.3 is 9.84 Å². The highest BCUT2D eigenvalue weighted by Gasteiger charge is 2.27. The van der Waals surface area contributed by atoms with Crippen molar-refractivity contribution in [1.82, 2.24) is 0 Å². The van der Waals surface area contributed by atoms with Crippen LogP contribution in [-0.4, -0.2) is 16.8 Å². The maximum Gasteiger partial charge on any atom is 0.129 e. The fourth-order valence-electron chi connectivity index (χ4n) is 2.43. The third kappa shape index (κ3) is 3.60. The second-order valence-corrected chi connectivity index (χ2v) is 6.33. The topological polar surface area (TPSA) is 29.5 Å². The Morgan fingerprint density at radius 1 is 1.16 bits per heavy atom. The second kappa shape index (κ2) is 5.38. The van der Waals surface area contributed by atoms with Crippen LogP contribution in [0.3, 0.4) is 0 Å². The van der Waals surface area contributed by atoms with Crippen LogP contribution >= 0.6 is 0 Å². The summed E-state index contributed by atoms with van der Waals surface area (Å²) in [5.41, 5.74) is 3.31. The van der Waals surface area contributed by atoms with Gasteiger partial charge >= 0.3 is 0 Å². The highest BCUT2D eigenvalue weighted by atomic mass is 16.5. The normalized spacial score (nSPS) is 20.6. The smallest absolute Gasteiger partial charge is 0.129 e. The molecule has 0 aliphatic heterocycles. The molecule has 104 valence electrons. The maximum atomic E-state index is 10.2. The lowest BCUT2D eigenvalue weighted by Gasteiger charge is -2.31. The quantitative estimate of drug-likeness (QED) is 0.868. The van der Waals surface area contributed by atoms with Crippen LogP contribution in [0.5, 0.6) is 0 Å².